The number of aromatic carboxylic acids is 1. The molecule has 2 heterocycles. The number of carbonyl (C=O) groups excluding carboxylic acids is 1. The molecule has 1 amide bonds. The van der Waals surface area contributed by atoms with Crippen LogP contribution >= 0.6 is 0 Å². The first-order chi connectivity index (χ1) is 11.5. The lowest BCUT2D eigenvalue weighted by Crippen LogP contribution is -2.29. The molecule has 5 heteroatoms. The highest BCUT2D eigenvalue weighted by Gasteiger charge is 2.29. The molecule has 0 bridgehead atoms. The summed E-state index contributed by atoms with van der Waals surface area (Å²) >= 11 is 0. The van der Waals surface area contributed by atoms with Crippen LogP contribution in [0, 0.1) is 13.8 Å². The Morgan fingerprint density at radius 2 is 1.92 bits per heavy atom. The summed E-state index contributed by atoms with van der Waals surface area (Å²) in [5.41, 5.74) is 3.34. The first-order valence-corrected chi connectivity index (χ1v) is 8.03. The molecule has 1 saturated heterocycles. The van der Waals surface area contributed by atoms with Gasteiger partial charge in [-0.05, 0) is 43.5 Å². The largest absolute Gasteiger partial charge is 0.478 e. The SMILES string of the molecule is Cc1ccccc1C1CCN(C(=O)c2ccc(C(=O)O)c(C)n2)C1. The van der Waals surface area contributed by atoms with Gasteiger partial charge in [0.2, 0.25) is 0 Å². The van der Waals surface area contributed by atoms with Crippen molar-refractivity contribution in [3.8, 4) is 0 Å². The zero-order valence-electron chi connectivity index (χ0n) is 13.8. The van der Waals surface area contributed by atoms with Gasteiger partial charge in [-0.15, -0.1) is 0 Å². The van der Waals surface area contributed by atoms with E-state index in [4.69, 9.17) is 5.11 Å². The molecule has 0 saturated carbocycles. The molecule has 5 nitrogen and oxygen atoms in total. The van der Waals surface area contributed by atoms with Gasteiger partial charge in [0, 0.05) is 19.0 Å². The second-order valence-corrected chi connectivity index (χ2v) is 6.23. The fourth-order valence-electron chi connectivity index (χ4n) is 3.31. The topological polar surface area (TPSA) is 70.5 Å². The van der Waals surface area contributed by atoms with Crippen LogP contribution in [0.5, 0.6) is 0 Å². The van der Waals surface area contributed by atoms with Gasteiger partial charge >= 0.3 is 5.97 Å². The smallest absolute Gasteiger partial charge is 0.337 e. The summed E-state index contributed by atoms with van der Waals surface area (Å²) in [6.45, 7) is 5.07. The molecule has 2 aromatic rings. The lowest BCUT2D eigenvalue weighted by Gasteiger charge is -2.17. The fraction of sp³-hybridized carbons (Fsp3) is 0.316. The predicted molar refractivity (Wildman–Crippen MR) is 90.4 cm³/mol. The van der Waals surface area contributed by atoms with Crippen molar-refractivity contribution in [2.45, 2.75) is 26.2 Å². The Kier molecular flexibility index (Phi) is 4.34. The highest BCUT2D eigenvalue weighted by molar-refractivity contribution is 5.94. The highest BCUT2D eigenvalue weighted by Crippen LogP contribution is 2.30. The third kappa shape index (κ3) is 3.02. The zero-order chi connectivity index (χ0) is 17.3. The summed E-state index contributed by atoms with van der Waals surface area (Å²) in [4.78, 5) is 29.7. The molecule has 1 N–H and O–H groups in total. The molecule has 0 spiro atoms. The molecular formula is C19H20N2O3. The molecule has 24 heavy (non-hydrogen) atoms. The minimum Gasteiger partial charge on any atom is -0.478 e. The predicted octanol–water partition coefficient (Wildman–Crippen LogP) is 3.03. The van der Waals surface area contributed by atoms with Crippen LogP contribution in [0.15, 0.2) is 36.4 Å². The Morgan fingerprint density at radius 1 is 1.17 bits per heavy atom. The molecule has 1 aromatic heterocycles. The van der Waals surface area contributed by atoms with Gasteiger partial charge in [-0.2, -0.15) is 0 Å². The number of carboxylic acid groups (broad SMARTS) is 1. The average Bonchev–Trinajstić information content (AvgIpc) is 3.03. The first kappa shape index (κ1) is 16.2. The van der Waals surface area contributed by atoms with Gasteiger partial charge in [0.25, 0.3) is 5.91 Å². The van der Waals surface area contributed by atoms with Crippen LogP contribution in [0.1, 0.15) is 50.0 Å². The molecule has 1 unspecified atom stereocenters. The van der Waals surface area contributed by atoms with Crippen LogP contribution in [-0.4, -0.2) is 40.0 Å². The van der Waals surface area contributed by atoms with E-state index < -0.39 is 5.97 Å². The Hall–Kier alpha value is -2.69. The molecule has 3 rings (SSSR count). The Morgan fingerprint density at radius 3 is 2.58 bits per heavy atom. The number of nitrogens with zero attached hydrogens (tertiary/aromatic N) is 2. The molecule has 124 valence electrons. The van der Waals surface area contributed by atoms with E-state index in [-0.39, 0.29) is 11.5 Å². The number of hydrogen-bond acceptors (Lipinski definition) is 3. The van der Waals surface area contributed by atoms with Crippen molar-refractivity contribution in [2.24, 2.45) is 0 Å². The first-order valence-electron chi connectivity index (χ1n) is 8.03. The summed E-state index contributed by atoms with van der Waals surface area (Å²) in [5, 5.41) is 9.06. The number of likely N-dealkylation sites (tertiary alicyclic amines) is 1. The van der Waals surface area contributed by atoms with Crippen molar-refractivity contribution in [1.29, 1.82) is 0 Å². The molecule has 1 aromatic carbocycles. The average molecular weight is 324 g/mol. The normalized spacial score (nSPS) is 17.1. The van der Waals surface area contributed by atoms with Gasteiger partial charge in [-0.3, -0.25) is 4.79 Å². The van der Waals surface area contributed by atoms with E-state index in [9.17, 15) is 9.59 Å². The second kappa shape index (κ2) is 6.43. The van der Waals surface area contributed by atoms with Crippen molar-refractivity contribution >= 4 is 11.9 Å². The Balaban J connectivity index is 1.76. The standard InChI is InChI=1S/C19H20N2O3/c1-12-5-3-4-6-15(12)14-9-10-21(11-14)18(22)17-8-7-16(19(23)24)13(2)20-17/h3-8,14H,9-11H2,1-2H3,(H,23,24). The number of aromatic nitrogens is 1. The molecule has 1 atom stereocenters. The van der Waals surface area contributed by atoms with Gasteiger partial charge in [0.15, 0.2) is 0 Å². The van der Waals surface area contributed by atoms with Crippen LogP contribution < -0.4 is 0 Å². The highest BCUT2D eigenvalue weighted by atomic mass is 16.4. The van der Waals surface area contributed by atoms with E-state index in [0.717, 1.165) is 6.42 Å². The van der Waals surface area contributed by atoms with Gasteiger partial charge in [0.1, 0.15) is 5.69 Å². The van der Waals surface area contributed by atoms with Crippen LogP contribution in [0.3, 0.4) is 0 Å². The van der Waals surface area contributed by atoms with E-state index in [0.29, 0.717) is 30.4 Å². The third-order valence-corrected chi connectivity index (χ3v) is 4.64. The molecule has 0 radical (unpaired) electrons. The molecule has 1 aliphatic heterocycles. The van der Waals surface area contributed by atoms with E-state index in [2.05, 4.69) is 24.0 Å². The lowest BCUT2D eigenvalue weighted by molar-refractivity contribution is 0.0693. The number of hydrogen-bond donors (Lipinski definition) is 1. The van der Waals surface area contributed by atoms with Crippen molar-refractivity contribution in [1.82, 2.24) is 9.88 Å². The fourth-order valence-corrected chi connectivity index (χ4v) is 3.31. The lowest BCUT2D eigenvalue weighted by atomic mass is 9.94. The van der Waals surface area contributed by atoms with Crippen molar-refractivity contribution in [3.05, 3.63) is 64.5 Å². The maximum atomic E-state index is 12.7. The summed E-state index contributed by atoms with van der Waals surface area (Å²) in [7, 11) is 0. The maximum Gasteiger partial charge on any atom is 0.337 e. The van der Waals surface area contributed by atoms with E-state index in [1.807, 2.05) is 12.1 Å². The number of benzene rings is 1. The van der Waals surface area contributed by atoms with Crippen LogP contribution in [0.25, 0.3) is 0 Å². The van der Waals surface area contributed by atoms with Gasteiger partial charge in [-0.1, -0.05) is 24.3 Å². The molecular weight excluding hydrogens is 304 g/mol. The van der Waals surface area contributed by atoms with E-state index in [1.165, 1.54) is 23.3 Å². The number of carbonyl (C=O) groups is 2. The minimum atomic E-state index is -1.03. The van der Waals surface area contributed by atoms with Crippen LogP contribution in [0.4, 0.5) is 0 Å². The number of pyridine rings is 1. The molecule has 1 aliphatic rings. The van der Waals surface area contributed by atoms with Crippen molar-refractivity contribution < 1.29 is 14.7 Å². The molecule has 1 fully saturated rings. The van der Waals surface area contributed by atoms with Crippen LogP contribution in [-0.2, 0) is 0 Å². The Labute approximate surface area is 140 Å². The van der Waals surface area contributed by atoms with E-state index >= 15 is 0 Å². The van der Waals surface area contributed by atoms with Crippen LogP contribution in [0.2, 0.25) is 0 Å². The maximum absolute atomic E-state index is 12.7. The number of rotatable bonds is 3. The number of amides is 1. The van der Waals surface area contributed by atoms with Gasteiger partial charge in [0.05, 0.1) is 11.3 Å². The monoisotopic (exact) mass is 324 g/mol. The number of aryl methyl sites for hydroxylation is 2. The minimum absolute atomic E-state index is 0.130. The number of carboxylic acids is 1. The van der Waals surface area contributed by atoms with Gasteiger partial charge < -0.3 is 10.0 Å². The molecule has 0 aliphatic carbocycles. The van der Waals surface area contributed by atoms with Crippen molar-refractivity contribution in [2.75, 3.05) is 13.1 Å². The summed E-state index contributed by atoms with van der Waals surface area (Å²) in [6.07, 6.45) is 0.933. The quantitative estimate of drug-likeness (QED) is 0.942. The van der Waals surface area contributed by atoms with E-state index in [1.54, 1.807) is 11.8 Å². The summed E-state index contributed by atoms with van der Waals surface area (Å²) < 4.78 is 0. The third-order valence-electron chi connectivity index (χ3n) is 4.64. The van der Waals surface area contributed by atoms with Crippen molar-refractivity contribution in [3.63, 3.8) is 0 Å². The Bertz CT molecular complexity index is 801. The zero-order valence-corrected chi connectivity index (χ0v) is 13.8. The summed E-state index contributed by atoms with van der Waals surface area (Å²) in [6, 6.07) is 11.2. The van der Waals surface area contributed by atoms with Gasteiger partial charge in [-0.25, -0.2) is 9.78 Å². The second-order valence-electron chi connectivity index (χ2n) is 6.23. The summed E-state index contributed by atoms with van der Waals surface area (Å²) in [5.74, 6) is -0.819.